The number of fused-ring (bicyclic) bond motifs is 3. The molecule has 0 spiro atoms. The third-order valence-electron chi connectivity index (χ3n) is 5.80. The van der Waals surface area contributed by atoms with E-state index in [-0.39, 0.29) is 0 Å². The highest BCUT2D eigenvalue weighted by atomic mass is 16.5. The van der Waals surface area contributed by atoms with Crippen molar-refractivity contribution in [2.24, 2.45) is 0 Å². The van der Waals surface area contributed by atoms with Crippen molar-refractivity contribution in [3.05, 3.63) is 77.9 Å². The second kappa shape index (κ2) is 8.65. The molecule has 0 fully saturated rings. The molecule has 4 rings (SSSR count). The Morgan fingerprint density at radius 3 is 2.36 bits per heavy atom. The lowest BCUT2D eigenvalue weighted by Gasteiger charge is -2.22. The van der Waals surface area contributed by atoms with Gasteiger partial charge in [-0.3, -0.25) is 0 Å². The predicted octanol–water partition coefficient (Wildman–Crippen LogP) is 7.66. The molecule has 0 heterocycles. The van der Waals surface area contributed by atoms with E-state index in [1.54, 1.807) is 0 Å². The maximum Gasteiger partial charge on any atom is 0.127 e. The van der Waals surface area contributed by atoms with Crippen LogP contribution in [0.25, 0.3) is 22.3 Å². The maximum absolute atomic E-state index is 6.67. The molecule has 28 heavy (non-hydrogen) atoms. The lowest BCUT2D eigenvalue weighted by molar-refractivity contribution is 0.177. The highest BCUT2D eigenvalue weighted by Gasteiger charge is 2.25. The third kappa shape index (κ3) is 3.71. The van der Waals surface area contributed by atoms with Gasteiger partial charge in [0.15, 0.2) is 0 Å². The molecule has 1 aliphatic carbocycles. The lowest BCUT2D eigenvalue weighted by Crippen LogP contribution is -2.17. The summed E-state index contributed by atoms with van der Waals surface area (Å²) < 4.78 is 6.67. The average molecular weight is 371 g/mol. The Labute approximate surface area is 169 Å². The summed E-state index contributed by atoms with van der Waals surface area (Å²) in [6.07, 6.45) is 7.14. The van der Waals surface area contributed by atoms with Gasteiger partial charge < -0.3 is 4.74 Å². The quantitative estimate of drug-likeness (QED) is 0.309. The van der Waals surface area contributed by atoms with Gasteiger partial charge in [-0.25, -0.2) is 0 Å². The minimum Gasteiger partial charge on any atom is -0.490 e. The van der Waals surface area contributed by atoms with Crippen molar-refractivity contribution in [1.82, 2.24) is 0 Å². The van der Waals surface area contributed by atoms with E-state index in [1.165, 1.54) is 46.2 Å². The largest absolute Gasteiger partial charge is 0.490 e. The van der Waals surface area contributed by atoms with Gasteiger partial charge in [-0.05, 0) is 53.1 Å². The van der Waals surface area contributed by atoms with Gasteiger partial charge in [0.25, 0.3) is 0 Å². The highest BCUT2D eigenvalue weighted by Crippen LogP contribution is 2.46. The lowest BCUT2D eigenvalue weighted by atomic mass is 9.94. The fourth-order valence-corrected chi connectivity index (χ4v) is 4.40. The number of benzene rings is 3. The SMILES string of the molecule is CCCCC(CCC)Oc1ccc2c(c1-c1ccccc1)Cc1ccccc1-2. The van der Waals surface area contributed by atoms with Crippen molar-refractivity contribution in [1.29, 1.82) is 0 Å². The van der Waals surface area contributed by atoms with Crippen LogP contribution < -0.4 is 4.74 Å². The summed E-state index contributed by atoms with van der Waals surface area (Å²) in [6.45, 7) is 4.50. The normalized spacial score (nSPS) is 13.1. The van der Waals surface area contributed by atoms with Crippen LogP contribution >= 0.6 is 0 Å². The average Bonchev–Trinajstić information content (AvgIpc) is 3.11. The second-order valence-corrected chi connectivity index (χ2v) is 7.84. The highest BCUT2D eigenvalue weighted by molar-refractivity contribution is 5.87. The fraction of sp³-hybridized carbons (Fsp3) is 0.333. The van der Waals surface area contributed by atoms with Crippen molar-refractivity contribution in [2.45, 2.75) is 58.5 Å². The van der Waals surface area contributed by atoms with Gasteiger partial charge in [-0.15, -0.1) is 0 Å². The van der Waals surface area contributed by atoms with Crippen molar-refractivity contribution in [3.8, 4) is 28.0 Å². The molecule has 1 heteroatoms. The van der Waals surface area contributed by atoms with Crippen molar-refractivity contribution in [2.75, 3.05) is 0 Å². The number of hydrogen-bond acceptors (Lipinski definition) is 1. The molecule has 0 N–H and O–H groups in total. The molecular formula is C27H30O. The Balaban J connectivity index is 1.78. The van der Waals surface area contributed by atoms with Gasteiger partial charge in [0.05, 0.1) is 6.10 Å². The van der Waals surface area contributed by atoms with Crippen molar-refractivity contribution in [3.63, 3.8) is 0 Å². The van der Waals surface area contributed by atoms with Crippen molar-refractivity contribution >= 4 is 0 Å². The molecule has 3 aromatic rings. The topological polar surface area (TPSA) is 9.23 Å². The molecule has 0 bridgehead atoms. The first-order valence-electron chi connectivity index (χ1n) is 10.8. The van der Waals surface area contributed by atoms with Gasteiger partial charge in [0, 0.05) is 5.56 Å². The van der Waals surface area contributed by atoms with Crippen LogP contribution in [0, 0.1) is 0 Å². The van der Waals surface area contributed by atoms with Gasteiger partial charge in [-0.2, -0.15) is 0 Å². The zero-order valence-corrected chi connectivity index (χ0v) is 17.1. The second-order valence-electron chi connectivity index (χ2n) is 7.84. The molecule has 0 saturated carbocycles. The van der Waals surface area contributed by atoms with Gasteiger partial charge in [-0.1, -0.05) is 93.8 Å². The zero-order chi connectivity index (χ0) is 19.3. The fourth-order valence-electron chi connectivity index (χ4n) is 4.40. The molecule has 1 atom stereocenters. The van der Waals surface area contributed by atoms with Crippen LogP contribution in [0.1, 0.15) is 57.1 Å². The molecule has 0 saturated heterocycles. The number of ether oxygens (including phenoxy) is 1. The van der Waals surface area contributed by atoms with Crippen LogP contribution in [0.4, 0.5) is 0 Å². The molecule has 1 unspecified atom stereocenters. The summed E-state index contributed by atoms with van der Waals surface area (Å²) in [5, 5.41) is 0. The number of unbranched alkanes of at least 4 members (excludes halogenated alkanes) is 1. The van der Waals surface area contributed by atoms with E-state index >= 15 is 0 Å². The minimum atomic E-state index is 0.300. The van der Waals surface area contributed by atoms with Crippen molar-refractivity contribution < 1.29 is 4.74 Å². The molecule has 144 valence electrons. The minimum absolute atomic E-state index is 0.300. The van der Waals surface area contributed by atoms with E-state index in [0.717, 1.165) is 31.4 Å². The Bertz CT molecular complexity index is 926. The summed E-state index contributed by atoms with van der Waals surface area (Å²) in [6, 6.07) is 24.0. The first kappa shape index (κ1) is 18.8. The summed E-state index contributed by atoms with van der Waals surface area (Å²) >= 11 is 0. The number of hydrogen-bond donors (Lipinski definition) is 0. The third-order valence-corrected chi connectivity index (χ3v) is 5.80. The molecule has 0 amide bonds. The molecule has 0 aliphatic heterocycles. The van der Waals surface area contributed by atoms with Gasteiger partial charge in [0.1, 0.15) is 5.75 Å². The van der Waals surface area contributed by atoms with E-state index in [2.05, 4.69) is 80.6 Å². The van der Waals surface area contributed by atoms with Crippen LogP contribution in [0.2, 0.25) is 0 Å². The summed E-state index contributed by atoms with van der Waals surface area (Å²) in [5.74, 6) is 1.05. The van der Waals surface area contributed by atoms with Crippen LogP contribution in [-0.4, -0.2) is 6.10 Å². The molecule has 3 aromatic carbocycles. The van der Waals surface area contributed by atoms with Crippen LogP contribution in [0.5, 0.6) is 5.75 Å². The summed E-state index contributed by atoms with van der Waals surface area (Å²) in [7, 11) is 0. The van der Waals surface area contributed by atoms with E-state index in [4.69, 9.17) is 4.74 Å². The standard InChI is InChI=1S/C27H30O/c1-3-5-15-22(11-4-2)28-26-18-17-24-23-16-10-9-14-21(23)19-25(24)27(26)20-12-7-6-8-13-20/h6-10,12-14,16-18,22H,3-5,11,15,19H2,1-2H3. The smallest absolute Gasteiger partial charge is 0.127 e. The van der Waals surface area contributed by atoms with Gasteiger partial charge in [0.2, 0.25) is 0 Å². The predicted molar refractivity (Wildman–Crippen MR) is 119 cm³/mol. The molecular weight excluding hydrogens is 340 g/mol. The van der Waals surface area contributed by atoms with E-state index in [9.17, 15) is 0 Å². The van der Waals surface area contributed by atoms with Crippen LogP contribution in [0.15, 0.2) is 66.7 Å². The Morgan fingerprint density at radius 1 is 0.786 bits per heavy atom. The Hall–Kier alpha value is -2.54. The van der Waals surface area contributed by atoms with E-state index in [1.807, 2.05) is 0 Å². The molecule has 1 aliphatic rings. The Kier molecular flexibility index (Phi) is 5.81. The van der Waals surface area contributed by atoms with Gasteiger partial charge >= 0.3 is 0 Å². The number of rotatable bonds is 8. The molecule has 0 radical (unpaired) electrons. The maximum atomic E-state index is 6.67. The molecule has 0 aromatic heterocycles. The first-order chi connectivity index (χ1) is 13.8. The summed E-state index contributed by atoms with van der Waals surface area (Å²) in [4.78, 5) is 0. The van der Waals surface area contributed by atoms with E-state index < -0.39 is 0 Å². The Morgan fingerprint density at radius 2 is 1.57 bits per heavy atom. The zero-order valence-electron chi connectivity index (χ0n) is 17.1. The molecule has 1 nitrogen and oxygen atoms in total. The van der Waals surface area contributed by atoms with Crippen LogP contribution in [0.3, 0.4) is 0 Å². The van der Waals surface area contributed by atoms with E-state index in [0.29, 0.717) is 6.10 Å². The summed E-state index contributed by atoms with van der Waals surface area (Å²) in [5.41, 5.74) is 8.11. The monoisotopic (exact) mass is 370 g/mol. The van der Waals surface area contributed by atoms with Crippen LogP contribution in [-0.2, 0) is 6.42 Å². The first-order valence-corrected chi connectivity index (χ1v) is 10.8.